The first-order chi connectivity index (χ1) is 11.3. The van der Waals surface area contributed by atoms with E-state index in [4.69, 9.17) is 5.73 Å². The number of carbonyl (C=O) groups is 1. The molecular formula is C17H24N4O3. The topological polar surface area (TPSA) is 110 Å². The Labute approximate surface area is 139 Å². The average molecular weight is 332 g/mol. The molecule has 1 amide bonds. The first kappa shape index (κ1) is 17.9. The molecule has 130 valence electrons. The summed E-state index contributed by atoms with van der Waals surface area (Å²) in [6, 6.07) is 4.65. The molecule has 0 atom stereocenters. The molecule has 0 radical (unpaired) electrons. The van der Waals surface area contributed by atoms with Gasteiger partial charge in [0.2, 0.25) is 0 Å². The molecule has 0 unspecified atom stereocenters. The Kier molecular flexibility index (Phi) is 5.23. The van der Waals surface area contributed by atoms with Crippen LogP contribution in [0, 0.1) is 0 Å². The van der Waals surface area contributed by atoms with E-state index in [1.54, 1.807) is 19.1 Å². The van der Waals surface area contributed by atoms with Gasteiger partial charge in [0.25, 0.3) is 11.5 Å². The van der Waals surface area contributed by atoms with E-state index in [1.807, 2.05) is 13.8 Å². The molecule has 0 saturated carbocycles. The van der Waals surface area contributed by atoms with Crippen LogP contribution in [0.1, 0.15) is 44.0 Å². The molecule has 0 aliphatic carbocycles. The van der Waals surface area contributed by atoms with Crippen LogP contribution in [0.25, 0.3) is 10.9 Å². The number of amides is 1. The van der Waals surface area contributed by atoms with Gasteiger partial charge in [-0.2, -0.15) is 0 Å². The fourth-order valence-electron chi connectivity index (χ4n) is 2.54. The van der Waals surface area contributed by atoms with Gasteiger partial charge < -0.3 is 16.0 Å². The molecular weight excluding hydrogens is 308 g/mol. The Morgan fingerprint density at radius 2 is 1.92 bits per heavy atom. The summed E-state index contributed by atoms with van der Waals surface area (Å²) in [5.74, 6) is -0.283. The maximum absolute atomic E-state index is 12.3. The highest BCUT2D eigenvalue weighted by Crippen LogP contribution is 2.12. The van der Waals surface area contributed by atoms with Gasteiger partial charge >= 0.3 is 5.69 Å². The lowest BCUT2D eigenvalue weighted by Gasteiger charge is -2.26. The van der Waals surface area contributed by atoms with Gasteiger partial charge in [0, 0.05) is 24.2 Å². The fourth-order valence-corrected chi connectivity index (χ4v) is 2.54. The molecule has 1 aromatic heterocycles. The molecule has 0 aliphatic heterocycles. The number of nitrogens with two attached hydrogens (primary N) is 1. The number of hydrogen-bond acceptors (Lipinski definition) is 4. The first-order valence-electron chi connectivity index (χ1n) is 8.19. The minimum Gasteiger partial charge on any atom is -0.350 e. The summed E-state index contributed by atoms with van der Waals surface area (Å²) >= 11 is 0. The van der Waals surface area contributed by atoms with Gasteiger partial charge in [0.1, 0.15) is 0 Å². The summed E-state index contributed by atoms with van der Waals surface area (Å²) < 4.78 is 1.12. The number of nitrogens with one attached hydrogen (secondary N) is 2. The molecule has 7 heteroatoms. The van der Waals surface area contributed by atoms with Crippen molar-refractivity contribution in [1.29, 1.82) is 0 Å². The van der Waals surface area contributed by atoms with Crippen LogP contribution < -0.4 is 22.3 Å². The van der Waals surface area contributed by atoms with E-state index in [0.717, 1.165) is 17.4 Å². The molecule has 7 nitrogen and oxygen atoms in total. The predicted molar refractivity (Wildman–Crippen MR) is 94.3 cm³/mol. The van der Waals surface area contributed by atoms with Crippen molar-refractivity contribution < 1.29 is 4.79 Å². The third-order valence-corrected chi connectivity index (χ3v) is 4.57. The van der Waals surface area contributed by atoms with Crippen LogP contribution in [0.2, 0.25) is 0 Å². The standard InChI is InChI=1S/C17H24N4O3/c1-4-17(18,5-2)10-19-14(22)11-7-8-12-13(9-11)20-16(24)21(6-3)15(12)23/h7-9H,4-6,10,18H2,1-3H3,(H,19,22)(H,20,24). The van der Waals surface area contributed by atoms with Crippen molar-refractivity contribution in [1.82, 2.24) is 14.9 Å². The number of nitrogens with zero attached hydrogens (tertiary/aromatic N) is 1. The van der Waals surface area contributed by atoms with Crippen LogP contribution in [0.3, 0.4) is 0 Å². The van der Waals surface area contributed by atoms with Crippen molar-refractivity contribution in [2.75, 3.05) is 6.54 Å². The van der Waals surface area contributed by atoms with E-state index < -0.39 is 11.2 Å². The van der Waals surface area contributed by atoms with Gasteiger partial charge in [-0.25, -0.2) is 4.79 Å². The van der Waals surface area contributed by atoms with Gasteiger partial charge in [0.15, 0.2) is 0 Å². The molecule has 0 spiro atoms. The Hall–Kier alpha value is -2.41. The normalized spacial score (nSPS) is 11.7. The van der Waals surface area contributed by atoms with Crippen molar-refractivity contribution in [2.45, 2.75) is 45.7 Å². The highest BCUT2D eigenvalue weighted by atomic mass is 16.2. The van der Waals surface area contributed by atoms with Gasteiger partial charge in [-0.1, -0.05) is 13.8 Å². The zero-order valence-electron chi connectivity index (χ0n) is 14.3. The summed E-state index contributed by atoms with van der Waals surface area (Å²) in [6.07, 6.45) is 1.51. The van der Waals surface area contributed by atoms with Gasteiger partial charge in [-0.05, 0) is 38.0 Å². The number of hydrogen-bond donors (Lipinski definition) is 3. The van der Waals surface area contributed by atoms with E-state index in [0.29, 0.717) is 29.6 Å². The molecule has 1 heterocycles. The molecule has 1 aromatic carbocycles. The molecule has 0 aliphatic rings. The van der Waals surface area contributed by atoms with Crippen molar-refractivity contribution in [3.8, 4) is 0 Å². The van der Waals surface area contributed by atoms with E-state index in [2.05, 4.69) is 10.3 Å². The second kappa shape index (κ2) is 7.00. The number of aromatic nitrogens is 2. The van der Waals surface area contributed by atoms with E-state index in [-0.39, 0.29) is 11.5 Å². The van der Waals surface area contributed by atoms with Crippen LogP contribution >= 0.6 is 0 Å². The third-order valence-electron chi connectivity index (χ3n) is 4.57. The highest BCUT2D eigenvalue weighted by Gasteiger charge is 2.21. The molecule has 0 bridgehead atoms. The van der Waals surface area contributed by atoms with E-state index in [1.165, 1.54) is 6.07 Å². The molecule has 2 aromatic rings. The Bertz CT molecular complexity index is 862. The lowest BCUT2D eigenvalue weighted by atomic mass is 9.94. The predicted octanol–water partition coefficient (Wildman–Crippen LogP) is 0.957. The Balaban J connectivity index is 2.33. The monoisotopic (exact) mass is 332 g/mol. The zero-order chi connectivity index (χ0) is 17.9. The summed E-state index contributed by atoms with van der Waals surface area (Å²) in [4.78, 5) is 39.1. The van der Waals surface area contributed by atoms with Crippen molar-refractivity contribution in [3.63, 3.8) is 0 Å². The van der Waals surface area contributed by atoms with Gasteiger partial charge in [-0.3, -0.25) is 14.2 Å². The second-order valence-electron chi connectivity index (χ2n) is 5.99. The summed E-state index contributed by atoms with van der Waals surface area (Å²) in [7, 11) is 0. The molecule has 4 N–H and O–H groups in total. The molecule has 2 rings (SSSR count). The molecule has 0 saturated heterocycles. The Morgan fingerprint density at radius 1 is 1.25 bits per heavy atom. The summed E-state index contributed by atoms with van der Waals surface area (Å²) in [5.41, 5.74) is 5.63. The highest BCUT2D eigenvalue weighted by molar-refractivity contribution is 5.97. The van der Waals surface area contributed by atoms with Crippen molar-refractivity contribution in [2.24, 2.45) is 5.73 Å². The van der Waals surface area contributed by atoms with Gasteiger partial charge in [-0.15, -0.1) is 0 Å². The van der Waals surface area contributed by atoms with Crippen LogP contribution in [-0.2, 0) is 6.54 Å². The van der Waals surface area contributed by atoms with Gasteiger partial charge in [0.05, 0.1) is 10.9 Å². The van der Waals surface area contributed by atoms with Crippen LogP contribution in [0.4, 0.5) is 0 Å². The maximum Gasteiger partial charge on any atom is 0.328 e. The smallest absolute Gasteiger partial charge is 0.328 e. The van der Waals surface area contributed by atoms with Crippen LogP contribution in [0.5, 0.6) is 0 Å². The number of rotatable bonds is 6. The largest absolute Gasteiger partial charge is 0.350 e. The lowest BCUT2D eigenvalue weighted by molar-refractivity contribution is 0.0942. The minimum atomic E-state index is -0.481. The first-order valence-corrected chi connectivity index (χ1v) is 8.19. The Morgan fingerprint density at radius 3 is 2.50 bits per heavy atom. The average Bonchev–Trinajstić information content (AvgIpc) is 2.59. The zero-order valence-corrected chi connectivity index (χ0v) is 14.3. The van der Waals surface area contributed by atoms with Crippen LogP contribution in [-0.4, -0.2) is 27.5 Å². The number of benzene rings is 1. The van der Waals surface area contributed by atoms with E-state index >= 15 is 0 Å². The SMILES string of the molecule is CCn1c(=O)[nH]c2cc(C(=O)NCC(N)(CC)CC)ccc2c1=O. The van der Waals surface area contributed by atoms with Crippen LogP contribution in [0.15, 0.2) is 27.8 Å². The molecule has 24 heavy (non-hydrogen) atoms. The number of carbonyl (C=O) groups excluding carboxylic acids is 1. The number of aromatic amines is 1. The fraction of sp³-hybridized carbons (Fsp3) is 0.471. The van der Waals surface area contributed by atoms with E-state index in [9.17, 15) is 14.4 Å². The quantitative estimate of drug-likeness (QED) is 0.731. The number of H-pyrrole nitrogens is 1. The number of fused-ring (bicyclic) bond motifs is 1. The summed E-state index contributed by atoms with van der Waals surface area (Å²) in [6.45, 7) is 6.35. The van der Waals surface area contributed by atoms with Crippen molar-refractivity contribution >= 4 is 16.8 Å². The maximum atomic E-state index is 12.3. The third kappa shape index (κ3) is 3.41. The summed E-state index contributed by atoms with van der Waals surface area (Å²) in [5, 5.41) is 3.20. The second-order valence-corrected chi connectivity index (χ2v) is 5.99. The van der Waals surface area contributed by atoms with Crippen molar-refractivity contribution in [3.05, 3.63) is 44.6 Å². The molecule has 0 fully saturated rings. The lowest BCUT2D eigenvalue weighted by Crippen LogP contribution is -2.49. The minimum absolute atomic E-state index is 0.283.